The van der Waals surface area contributed by atoms with Crippen LogP contribution in [0.15, 0.2) is 54.6 Å². The second kappa shape index (κ2) is 8.07. The monoisotopic (exact) mass is 387 g/mol. The number of ether oxygens (including phenoxy) is 1. The average Bonchev–Trinajstić information content (AvgIpc) is 3.05. The Balaban J connectivity index is 1.52. The molecule has 0 unspecified atom stereocenters. The van der Waals surface area contributed by atoms with Crippen LogP contribution in [0.25, 0.3) is 11.3 Å². The zero-order chi connectivity index (χ0) is 20.2. The van der Waals surface area contributed by atoms with Crippen LogP contribution in [0.4, 0.5) is 10.5 Å². The number of aryl methyl sites for hydroxylation is 1. The molecule has 0 saturated carbocycles. The molecule has 0 radical (unpaired) electrons. The molecule has 0 bridgehead atoms. The van der Waals surface area contributed by atoms with Crippen molar-refractivity contribution in [3.63, 3.8) is 0 Å². The van der Waals surface area contributed by atoms with Gasteiger partial charge in [0, 0.05) is 24.3 Å². The fraction of sp³-hybridized carbons (Fsp3) is 0.227. The third-order valence-corrected chi connectivity index (χ3v) is 4.91. The molecule has 0 saturated heterocycles. The van der Waals surface area contributed by atoms with Crippen LogP contribution in [0, 0.1) is 11.3 Å². The van der Waals surface area contributed by atoms with Gasteiger partial charge >= 0.3 is 6.03 Å². The Morgan fingerprint density at radius 3 is 2.86 bits per heavy atom. The molecular weight excluding hydrogens is 366 g/mol. The third-order valence-electron chi connectivity index (χ3n) is 4.91. The van der Waals surface area contributed by atoms with Crippen LogP contribution >= 0.6 is 0 Å². The molecule has 1 aliphatic heterocycles. The van der Waals surface area contributed by atoms with Crippen LogP contribution in [-0.2, 0) is 13.1 Å². The first-order valence-corrected chi connectivity index (χ1v) is 9.43. The predicted octanol–water partition coefficient (Wildman–Crippen LogP) is 3.87. The molecule has 0 atom stereocenters. The predicted molar refractivity (Wildman–Crippen MR) is 109 cm³/mol. The highest BCUT2D eigenvalue weighted by atomic mass is 16.5. The van der Waals surface area contributed by atoms with Gasteiger partial charge in [-0.15, -0.1) is 0 Å². The molecular formula is C22H21N5O2. The minimum Gasteiger partial charge on any atom is -0.497 e. The van der Waals surface area contributed by atoms with Gasteiger partial charge in [0.05, 0.1) is 36.7 Å². The van der Waals surface area contributed by atoms with Gasteiger partial charge in [0.1, 0.15) is 5.75 Å². The molecule has 0 fully saturated rings. The lowest BCUT2D eigenvalue weighted by Gasteiger charge is -2.20. The SMILES string of the molecule is COc1cccc(-c2cc3n(n2)CCCN(C(=O)Nc2cccc(C#N)c2)C3)c1. The van der Waals surface area contributed by atoms with Crippen molar-refractivity contribution in [3.05, 3.63) is 65.9 Å². The molecule has 29 heavy (non-hydrogen) atoms. The van der Waals surface area contributed by atoms with Gasteiger partial charge in [0.2, 0.25) is 0 Å². The second-order valence-electron chi connectivity index (χ2n) is 6.87. The number of hydrogen-bond donors (Lipinski definition) is 1. The van der Waals surface area contributed by atoms with E-state index in [1.165, 1.54) is 0 Å². The number of amides is 2. The van der Waals surface area contributed by atoms with E-state index in [2.05, 4.69) is 11.4 Å². The van der Waals surface area contributed by atoms with Crippen LogP contribution < -0.4 is 10.1 Å². The summed E-state index contributed by atoms with van der Waals surface area (Å²) < 4.78 is 7.27. The lowest BCUT2D eigenvalue weighted by molar-refractivity contribution is 0.210. The van der Waals surface area contributed by atoms with Crippen molar-refractivity contribution in [2.24, 2.45) is 0 Å². The Bertz CT molecular complexity index is 1080. The van der Waals surface area contributed by atoms with Gasteiger partial charge in [-0.1, -0.05) is 18.2 Å². The maximum absolute atomic E-state index is 12.8. The van der Waals surface area contributed by atoms with E-state index >= 15 is 0 Å². The van der Waals surface area contributed by atoms with Crippen molar-refractivity contribution in [1.29, 1.82) is 5.26 Å². The van der Waals surface area contributed by atoms with Crippen LogP contribution in [0.5, 0.6) is 5.75 Å². The van der Waals surface area contributed by atoms with E-state index < -0.39 is 0 Å². The topological polar surface area (TPSA) is 83.2 Å². The summed E-state index contributed by atoms with van der Waals surface area (Å²) in [6, 6.07) is 18.6. The Hall–Kier alpha value is -3.79. The van der Waals surface area contributed by atoms with Gasteiger partial charge in [-0.05, 0) is 42.8 Å². The van der Waals surface area contributed by atoms with Gasteiger partial charge in [-0.2, -0.15) is 10.4 Å². The summed E-state index contributed by atoms with van der Waals surface area (Å²) in [5, 5.41) is 16.6. The van der Waals surface area contributed by atoms with E-state index in [4.69, 9.17) is 15.1 Å². The largest absolute Gasteiger partial charge is 0.497 e. The van der Waals surface area contributed by atoms with Crippen LogP contribution in [0.3, 0.4) is 0 Å². The Morgan fingerprint density at radius 1 is 1.17 bits per heavy atom. The van der Waals surface area contributed by atoms with Crippen molar-refractivity contribution in [2.75, 3.05) is 19.0 Å². The molecule has 3 aromatic rings. The minimum absolute atomic E-state index is 0.183. The van der Waals surface area contributed by atoms with Gasteiger partial charge in [0.15, 0.2) is 0 Å². The first kappa shape index (κ1) is 18.6. The summed E-state index contributed by atoms with van der Waals surface area (Å²) in [5.74, 6) is 0.784. The van der Waals surface area contributed by atoms with Crippen molar-refractivity contribution >= 4 is 11.7 Å². The number of hydrogen-bond acceptors (Lipinski definition) is 4. The standard InChI is InChI=1S/C22H21N5O2/c1-29-20-8-3-6-17(12-20)21-13-19-15-26(9-4-10-27(19)25-21)22(28)24-18-7-2-5-16(11-18)14-23/h2-3,5-8,11-13H,4,9-10,15H2,1H3,(H,24,28). The van der Waals surface area contributed by atoms with Crippen LogP contribution in [0.2, 0.25) is 0 Å². The molecule has 0 spiro atoms. The molecule has 2 heterocycles. The molecule has 7 heteroatoms. The quantitative estimate of drug-likeness (QED) is 0.739. The number of nitrogens with one attached hydrogen (secondary N) is 1. The van der Waals surface area contributed by atoms with E-state index in [0.29, 0.717) is 24.3 Å². The minimum atomic E-state index is -0.183. The van der Waals surface area contributed by atoms with E-state index in [1.807, 2.05) is 35.0 Å². The molecule has 1 aliphatic rings. The number of nitriles is 1. The summed E-state index contributed by atoms with van der Waals surface area (Å²) in [6.07, 6.45) is 0.817. The summed E-state index contributed by atoms with van der Waals surface area (Å²) in [5.41, 5.74) is 3.96. The summed E-state index contributed by atoms with van der Waals surface area (Å²) in [4.78, 5) is 14.5. The number of rotatable bonds is 3. The van der Waals surface area contributed by atoms with Crippen LogP contribution in [0.1, 0.15) is 17.7 Å². The van der Waals surface area contributed by atoms with Crippen molar-refractivity contribution in [1.82, 2.24) is 14.7 Å². The van der Waals surface area contributed by atoms with Gasteiger partial charge in [0.25, 0.3) is 0 Å². The number of fused-ring (bicyclic) bond motifs is 1. The molecule has 2 aromatic carbocycles. The zero-order valence-corrected chi connectivity index (χ0v) is 16.1. The Morgan fingerprint density at radius 2 is 2.03 bits per heavy atom. The highest BCUT2D eigenvalue weighted by Gasteiger charge is 2.21. The number of urea groups is 1. The van der Waals surface area contributed by atoms with Crippen LogP contribution in [-0.4, -0.2) is 34.4 Å². The molecule has 4 rings (SSSR count). The number of methoxy groups -OCH3 is 1. The molecule has 7 nitrogen and oxygen atoms in total. The maximum atomic E-state index is 12.8. The molecule has 0 aliphatic carbocycles. The average molecular weight is 387 g/mol. The molecule has 1 N–H and O–H groups in total. The van der Waals surface area contributed by atoms with Gasteiger partial charge in [-0.25, -0.2) is 4.79 Å². The Labute approximate surface area is 169 Å². The van der Waals surface area contributed by atoms with Crippen molar-refractivity contribution in [2.45, 2.75) is 19.5 Å². The second-order valence-corrected chi connectivity index (χ2v) is 6.87. The summed E-state index contributed by atoms with van der Waals surface area (Å²) in [6.45, 7) is 1.87. The molecule has 2 amide bonds. The normalized spacial score (nSPS) is 13.2. The number of aromatic nitrogens is 2. The fourth-order valence-corrected chi connectivity index (χ4v) is 3.43. The number of carbonyl (C=O) groups is 1. The number of anilines is 1. The highest BCUT2D eigenvalue weighted by molar-refractivity contribution is 5.89. The lowest BCUT2D eigenvalue weighted by Crippen LogP contribution is -2.34. The Kier molecular flexibility index (Phi) is 5.16. The first-order chi connectivity index (χ1) is 14.2. The maximum Gasteiger partial charge on any atom is 0.322 e. The van der Waals surface area contributed by atoms with E-state index in [1.54, 1.807) is 36.3 Å². The summed E-state index contributed by atoms with van der Waals surface area (Å²) in [7, 11) is 1.64. The van der Waals surface area contributed by atoms with Gasteiger partial charge < -0.3 is 15.0 Å². The lowest BCUT2D eigenvalue weighted by atomic mass is 10.1. The van der Waals surface area contributed by atoms with E-state index in [-0.39, 0.29) is 6.03 Å². The van der Waals surface area contributed by atoms with E-state index in [9.17, 15) is 4.79 Å². The number of carbonyl (C=O) groups excluding carboxylic acids is 1. The molecule has 146 valence electrons. The third kappa shape index (κ3) is 4.06. The smallest absolute Gasteiger partial charge is 0.322 e. The number of nitrogens with zero attached hydrogens (tertiary/aromatic N) is 4. The molecule has 1 aromatic heterocycles. The van der Waals surface area contributed by atoms with Gasteiger partial charge in [-0.3, -0.25) is 4.68 Å². The first-order valence-electron chi connectivity index (χ1n) is 9.43. The summed E-state index contributed by atoms with van der Waals surface area (Å²) >= 11 is 0. The number of benzene rings is 2. The van der Waals surface area contributed by atoms with Crippen molar-refractivity contribution in [3.8, 4) is 23.1 Å². The highest BCUT2D eigenvalue weighted by Crippen LogP contribution is 2.25. The van der Waals surface area contributed by atoms with Crippen molar-refractivity contribution < 1.29 is 9.53 Å². The van der Waals surface area contributed by atoms with E-state index in [0.717, 1.165) is 35.7 Å². The fourth-order valence-electron chi connectivity index (χ4n) is 3.43. The zero-order valence-electron chi connectivity index (χ0n) is 16.1.